The van der Waals surface area contributed by atoms with Crippen LogP contribution in [0, 0.1) is 0 Å². The van der Waals surface area contributed by atoms with E-state index in [0.717, 1.165) is 24.4 Å². The molecule has 0 saturated carbocycles. The lowest BCUT2D eigenvalue weighted by atomic mass is 10.1. The van der Waals surface area contributed by atoms with E-state index in [1.807, 2.05) is 24.3 Å². The Labute approximate surface area is 113 Å². The molecule has 3 heteroatoms. The number of allylic oxidation sites excluding steroid dienone is 3. The van der Waals surface area contributed by atoms with Gasteiger partial charge in [0.25, 0.3) is 0 Å². The summed E-state index contributed by atoms with van der Waals surface area (Å²) in [5, 5.41) is 0. The van der Waals surface area contributed by atoms with Crippen molar-refractivity contribution >= 4 is 0 Å². The van der Waals surface area contributed by atoms with Crippen LogP contribution in [0.1, 0.15) is 18.4 Å². The average Bonchev–Trinajstić information content (AvgIpc) is 2.48. The van der Waals surface area contributed by atoms with E-state index >= 15 is 0 Å². The molecule has 1 heterocycles. The summed E-state index contributed by atoms with van der Waals surface area (Å²) in [4.78, 5) is 0. The summed E-state index contributed by atoms with van der Waals surface area (Å²) in [6.07, 6.45) is 6.10. The molecule has 0 unspecified atom stereocenters. The van der Waals surface area contributed by atoms with E-state index in [9.17, 15) is 0 Å². The number of rotatable bonds is 4. The number of hydrogen-bond acceptors (Lipinski definition) is 3. The average molecular weight is 258 g/mol. The van der Waals surface area contributed by atoms with E-state index in [-0.39, 0.29) is 6.10 Å². The molecule has 100 valence electrons. The smallest absolute Gasteiger partial charge is 0.157 e. The van der Waals surface area contributed by atoms with Gasteiger partial charge in [-0.3, -0.25) is 0 Å². The minimum absolute atomic E-state index is 0.00906. The Hall–Kier alpha value is -1.74. The third-order valence-electron chi connectivity index (χ3n) is 3.23. The fraction of sp³-hybridized carbons (Fsp3) is 0.375. The largest absolute Gasteiger partial charge is 0.490 e. The number of hydrogen-bond donors (Lipinski definition) is 0. The van der Waals surface area contributed by atoms with Gasteiger partial charge < -0.3 is 14.2 Å². The van der Waals surface area contributed by atoms with Crippen LogP contribution in [0.15, 0.2) is 54.0 Å². The van der Waals surface area contributed by atoms with Gasteiger partial charge in [0.15, 0.2) is 11.9 Å². The fourth-order valence-corrected chi connectivity index (χ4v) is 2.24. The van der Waals surface area contributed by atoms with Gasteiger partial charge in [-0.25, -0.2) is 0 Å². The molecule has 0 radical (unpaired) electrons. The molecule has 3 rings (SSSR count). The van der Waals surface area contributed by atoms with Crippen molar-refractivity contribution in [1.29, 1.82) is 0 Å². The quantitative estimate of drug-likeness (QED) is 0.830. The molecule has 3 nitrogen and oxygen atoms in total. The fourth-order valence-electron chi connectivity index (χ4n) is 2.24. The van der Waals surface area contributed by atoms with Crippen LogP contribution in [-0.4, -0.2) is 19.3 Å². The van der Waals surface area contributed by atoms with Crippen molar-refractivity contribution in [3.8, 4) is 0 Å². The molecule has 0 fully saturated rings. The van der Waals surface area contributed by atoms with Crippen molar-refractivity contribution in [2.75, 3.05) is 13.2 Å². The molecule has 0 aromatic heterocycles. The molecule has 0 bridgehead atoms. The molecular formula is C16H18O3. The zero-order chi connectivity index (χ0) is 12.9. The summed E-state index contributed by atoms with van der Waals surface area (Å²) < 4.78 is 17.3. The van der Waals surface area contributed by atoms with Crippen LogP contribution in [0.4, 0.5) is 0 Å². The Morgan fingerprint density at radius 2 is 2.11 bits per heavy atom. The molecule has 2 aliphatic rings. The van der Waals surface area contributed by atoms with Crippen molar-refractivity contribution in [3.05, 3.63) is 59.6 Å². The lowest BCUT2D eigenvalue weighted by Crippen LogP contribution is -2.30. The zero-order valence-corrected chi connectivity index (χ0v) is 10.9. The SMILES string of the molecule is C1=CC2=C(CC1)OC[C@H](COCc1ccccc1)O2. The highest BCUT2D eigenvalue weighted by Gasteiger charge is 2.23. The van der Waals surface area contributed by atoms with Gasteiger partial charge in [-0.1, -0.05) is 36.4 Å². The second kappa shape index (κ2) is 5.93. The molecule has 1 aliphatic carbocycles. The highest BCUT2D eigenvalue weighted by Crippen LogP contribution is 2.26. The van der Waals surface area contributed by atoms with E-state index in [0.29, 0.717) is 19.8 Å². The Bertz CT molecular complexity index is 476. The predicted molar refractivity (Wildman–Crippen MR) is 72.3 cm³/mol. The third-order valence-corrected chi connectivity index (χ3v) is 3.23. The maximum absolute atomic E-state index is 5.87. The summed E-state index contributed by atoms with van der Waals surface area (Å²) in [6, 6.07) is 10.2. The van der Waals surface area contributed by atoms with E-state index in [1.54, 1.807) is 0 Å². The maximum Gasteiger partial charge on any atom is 0.157 e. The van der Waals surface area contributed by atoms with E-state index in [2.05, 4.69) is 18.2 Å². The first-order valence-corrected chi connectivity index (χ1v) is 6.72. The normalized spacial score (nSPS) is 21.6. The number of ether oxygens (including phenoxy) is 3. The van der Waals surface area contributed by atoms with Crippen molar-refractivity contribution in [2.24, 2.45) is 0 Å². The minimum atomic E-state index is -0.00906. The first-order valence-electron chi connectivity index (χ1n) is 6.72. The van der Waals surface area contributed by atoms with Gasteiger partial charge in [-0.05, 0) is 18.1 Å². The first-order chi connectivity index (χ1) is 9.42. The van der Waals surface area contributed by atoms with Crippen molar-refractivity contribution < 1.29 is 14.2 Å². The van der Waals surface area contributed by atoms with Gasteiger partial charge >= 0.3 is 0 Å². The zero-order valence-electron chi connectivity index (χ0n) is 10.9. The third kappa shape index (κ3) is 3.18. The van der Waals surface area contributed by atoms with E-state index in [4.69, 9.17) is 14.2 Å². The molecule has 1 aromatic rings. The maximum atomic E-state index is 5.87. The van der Waals surface area contributed by atoms with Crippen molar-refractivity contribution in [1.82, 2.24) is 0 Å². The van der Waals surface area contributed by atoms with Gasteiger partial charge in [0.05, 0.1) is 13.2 Å². The van der Waals surface area contributed by atoms with Crippen molar-refractivity contribution in [2.45, 2.75) is 25.6 Å². The topological polar surface area (TPSA) is 27.7 Å². The van der Waals surface area contributed by atoms with Crippen LogP contribution in [0.25, 0.3) is 0 Å². The monoisotopic (exact) mass is 258 g/mol. The molecule has 1 aromatic carbocycles. The Morgan fingerprint density at radius 1 is 1.21 bits per heavy atom. The summed E-state index contributed by atoms with van der Waals surface area (Å²) in [7, 11) is 0. The molecule has 0 amide bonds. The van der Waals surface area contributed by atoms with Crippen molar-refractivity contribution in [3.63, 3.8) is 0 Å². The molecule has 0 saturated heterocycles. The summed E-state index contributed by atoms with van der Waals surface area (Å²) in [5.41, 5.74) is 1.18. The predicted octanol–water partition coefficient (Wildman–Crippen LogP) is 3.18. The lowest BCUT2D eigenvalue weighted by molar-refractivity contribution is -0.0521. The first kappa shape index (κ1) is 12.3. The van der Waals surface area contributed by atoms with Gasteiger partial charge in [-0.2, -0.15) is 0 Å². The minimum Gasteiger partial charge on any atom is -0.490 e. The summed E-state index contributed by atoms with van der Waals surface area (Å²) in [6.45, 7) is 1.75. The second-order valence-electron chi connectivity index (χ2n) is 4.78. The molecule has 0 N–H and O–H groups in total. The standard InChI is InChI=1S/C16H18O3/c1-2-6-13(7-3-1)10-17-11-14-12-18-15-8-4-5-9-16(15)19-14/h1-3,5-7,9,14H,4,8,10-12H2/t14-/m0/s1. The molecular weight excluding hydrogens is 240 g/mol. The highest BCUT2D eigenvalue weighted by atomic mass is 16.6. The van der Waals surface area contributed by atoms with Crippen LogP contribution >= 0.6 is 0 Å². The lowest BCUT2D eigenvalue weighted by Gasteiger charge is -2.29. The Kier molecular flexibility index (Phi) is 3.84. The highest BCUT2D eigenvalue weighted by molar-refractivity contribution is 5.22. The van der Waals surface area contributed by atoms with Gasteiger partial charge in [0, 0.05) is 6.42 Å². The molecule has 1 atom stereocenters. The van der Waals surface area contributed by atoms with Gasteiger partial charge in [0.1, 0.15) is 12.4 Å². The Morgan fingerprint density at radius 3 is 3.00 bits per heavy atom. The number of benzene rings is 1. The second-order valence-corrected chi connectivity index (χ2v) is 4.78. The molecule has 0 spiro atoms. The van der Waals surface area contributed by atoms with Gasteiger partial charge in [-0.15, -0.1) is 0 Å². The van der Waals surface area contributed by atoms with E-state index in [1.165, 1.54) is 5.56 Å². The van der Waals surface area contributed by atoms with Crippen LogP contribution < -0.4 is 0 Å². The van der Waals surface area contributed by atoms with E-state index < -0.39 is 0 Å². The molecule has 1 aliphatic heterocycles. The van der Waals surface area contributed by atoms with Crippen LogP contribution in [0.2, 0.25) is 0 Å². The van der Waals surface area contributed by atoms with Gasteiger partial charge in [0.2, 0.25) is 0 Å². The summed E-state index contributed by atoms with van der Waals surface area (Å²) >= 11 is 0. The molecule has 19 heavy (non-hydrogen) atoms. The summed E-state index contributed by atoms with van der Waals surface area (Å²) in [5.74, 6) is 1.87. The van der Waals surface area contributed by atoms with Crippen LogP contribution in [0.5, 0.6) is 0 Å². The van der Waals surface area contributed by atoms with Crippen LogP contribution in [-0.2, 0) is 20.8 Å². The van der Waals surface area contributed by atoms with Crippen LogP contribution in [0.3, 0.4) is 0 Å². The Balaban J connectivity index is 1.47.